The lowest BCUT2D eigenvalue weighted by Gasteiger charge is -2.13. The summed E-state index contributed by atoms with van der Waals surface area (Å²) >= 11 is 0. The smallest absolute Gasteiger partial charge is 0.252 e. The fourth-order valence-electron chi connectivity index (χ4n) is 2.84. The molecule has 0 radical (unpaired) electrons. The highest BCUT2D eigenvalue weighted by Gasteiger charge is 2.28. The summed E-state index contributed by atoms with van der Waals surface area (Å²) in [7, 11) is -3.24. The highest BCUT2D eigenvalue weighted by molar-refractivity contribution is 7.89. The molecule has 2 N–H and O–H groups in total. The van der Waals surface area contributed by atoms with Crippen LogP contribution in [-0.2, 0) is 23.0 Å². The van der Waals surface area contributed by atoms with Crippen LogP contribution in [0, 0.1) is 0 Å². The van der Waals surface area contributed by atoms with Crippen LogP contribution in [0.3, 0.4) is 0 Å². The van der Waals surface area contributed by atoms with Crippen LogP contribution < -0.4 is 10.0 Å². The van der Waals surface area contributed by atoms with Gasteiger partial charge in [-0.15, -0.1) is 0 Å². The van der Waals surface area contributed by atoms with Gasteiger partial charge in [-0.3, -0.25) is 4.79 Å². The standard InChI is InChI=1S/C18H20N2O3S/c1-2-24(22,23)19-12-14-8-9-15-16(10-14)17(20-18(15)21)11-13-6-4-3-5-7-13/h3-10,17,19H,2,11-12H2,1H3,(H,20,21). The number of benzene rings is 2. The fraction of sp³-hybridized carbons (Fsp3) is 0.278. The van der Waals surface area contributed by atoms with E-state index in [-0.39, 0.29) is 24.2 Å². The van der Waals surface area contributed by atoms with Crippen LogP contribution in [0.5, 0.6) is 0 Å². The monoisotopic (exact) mass is 344 g/mol. The van der Waals surface area contributed by atoms with Crippen LogP contribution >= 0.6 is 0 Å². The molecule has 1 aliphatic rings. The Hall–Kier alpha value is -2.18. The average Bonchev–Trinajstić information content (AvgIpc) is 2.89. The SMILES string of the molecule is CCS(=O)(=O)NCc1ccc2c(c1)C(Cc1ccccc1)NC2=O. The van der Waals surface area contributed by atoms with Crippen LogP contribution in [0.25, 0.3) is 0 Å². The summed E-state index contributed by atoms with van der Waals surface area (Å²) < 4.78 is 25.7. The number of fused-ring (bicyclic) bond motifs is 1. The van der Waals surface area contributed by atoms with E-state index in [1.807, 2.05) is 36.4 Å². The number of carbonyl (C=O) groups is 1. The number of sulfonamides is 1. The van der Waals surface area contributed by atoms with Gasteiger partial charge in [-0.1, -0.05) is 42.5 Å². The van der Waals surface area contributed by atoms with Crippen molar-refractivity contribution >= 4 is 15.9 Å². The van der Waals surface area contributed by atoms with Crippen molar-refractivity contribution in [2.24, 2.45) is 0 Å². The quantitative estimate of drug-likeness (QED) is 0.843. The summed E-state index contributed by atoms with van der Waals surface area (Å²) in [5, 5.41) is 3.00. The van der Waals surface area contributed by atoms with Gasteiger partial charge >= 0.3 is 0 Å². The summed E-state index contributed by atoms with van der Waals surface area (Å²) in [5.41, 5.74) is 3.59. The Balaban J connectivity index is 1.81. The Morgan fingerprint density at radius 2 is 1.83 bits per heavy atom. The fourth-order valence-corrected chi connectivity index (χ4v) is 3.43. The zero-order valence-electron chi connectivity index (χ0n) is 13.5. The van der Waals surface area contributed by atoms with Gasteiger partial charge in [0.05, 0.1) is 11.8 Å². The predicted molar refractivity (Wildman–Crippen MR) is 93.1 cm³/mol. The largest absolute Gasteiger partial charge is 0.345 e. The number of hydrogen-bond donors (Lipinski definition) is 2. The molecule has 1 amide bonds. The minimum Gasteiger partial charge on any atom is -0.345 e. The highest BCUT2D eigenvalue weighted by atomic mass is 32.2. The van der Waals surface area contributed by atoms with E-state index in [0.717, 1.165) is 16.7 Å². The van der Waals surface area contributed by atoms with Crippen molar-refractivity contribution in [2.75, 3.05) is 5.75 Å². The first kappa shape index (κ1) is 16.7. The molecular formula is C18H20N2O3S. The lowest BCUT2D eigenvalue weighted by molar-refractivity contribution is 0.0956. The number of amides is 1. The van der Waals surface area contributed by atoms with Crippen molar-refractivity contribution in [3.63, 3.8) is 0 Å². The number of nitrogens with one attached hydrogen (secondary N) is 2. The van der Waals surface area contributed by atoms with E-state index < -0.39 is 10.0 Å². The molecule has 1 heterocycles. The van der Waals surface area contributed by atoms with Gasteiger partial charge in [0.2, 0.25) is 10.0 Å². The van der Waals surface area contributed by atoms with Crippen molar-refractivity contribution in [3.8, 4) is 0 Å². The van der Waals surface area contributed by atoms with Gasteiger partial charge in [0.1, 0.15) is 0 Å². The van der Waals surface area contributed by atoms with Gasteiger partial charge < -0.3 is 5.32 Å². The average molecular weight is 344 g/mol. The van der Waals surface area contributed by atoms with Gasteiger partial charge in [0, 0.05) is 12.1 Å². The molecule has 3 rings (SSSR count). The van der Waals surface area contributed by atoms with Crippen LogP contribution in [-0.4, -0.2) is 20.1 Å². The molecule has 24 heavy (non-hydrogen) atoms. The van der Waals surface area contributed by atoms with Crippen LogP contribution in [0.15, 0.2) is 48.5 Å². The van der Waals surface area contributed by atoms with Gasteiger partial charge in [0.15, 0.2) is 0 Å². The summed E-state index contributed by atoms with van der Waals surface area (Å²) in [6.07, 6.45) is 0.712. The van der Waals surface area contributed by atoms with E-state index in [4.69, 9.17) is 0 Å². The molecule has 1 aliphatic heterocycles. The molecule has 2 aromatic rings. The molecule has 0 aromatic heterocycles. The zero-order chi connectivity index (χ0) is 17.2. The topological polar surface area (TPSA) is 75.3 Å². The first-order chi connectivity index (χ1) is 11.5. The molecule has 0 bridgehead atoms. The van der Waals surface area contributed by atoms with E-state index in [1.165, 1.54) is 0 Å². The molecule has 1 atom stereocenters. The minimum absolute atomic E-state index is 0.0502. The molecule has 0 spiro atoms. The number of rotatable bonds is 6. The number of carbonyl (C=O) groups excluding carboxylic acids is 1. The van der Waals surface area contributed by atoms with E-state index in [1.54, 1.807) is 19.1 Å². The van der Waals surface area contributed by atoms with Crippen molar-refractivity contribution in [3.05, 3.63) is 70.8 Å². The van der Waals surface area contributed by atoms with Crippen LogP contribution in [0.4, 0.5) is 0 Å². The van der Waals surface area contributed by atoms with E-state index in [2.05, 4.69) is 10.0 Å². The second-order valence-corrected chi connectivity index (χ2v) is 7.96. The van der Waals surface area contributed by atoms with Crippen molar-refractivity contribution < 1.29 is 13.2 Å². The maximum absolute atomic E-state index is 12.1. The first-order valence-electron chi connectivity index (χ1n) is 7.93. The maximum Gasteiger partial charge on any atom is 0.252 e. The Bertz CT molecular complexity index is 848. The van der Waals surface area contributed by atoms with Crippen molar-refractivity contribution in [1.29, 1.82) is 0 Å². The Morgan fingerprint density at radius 3 is 2.54 bits per heavy atom. The lowest BCUT2D eigenvalue weighted by Crippen LogP contribution is -2.24. The van der Waals surface area contributed by atoms with Gasteiger partial charge in [-0.2, -0.15) is 0 Å². The lowest BCUT2D eigenvalue weighted by atomic mass is 9.97. The third-order valence-corrected chi connectivity index (χ3v) is 5.54. The van der Waals surface area contributed by atoms with Gasteiger partial charge in [0.25, 0.3) is 5.91 Å². The molecule has 0 saturated carbocycles. The Morgan fingerprint density at radius 1 is 1.08 bits per heavy atom. The van der Waals surface area contributed by atoms with Crippen molar-refractivity contribution in [1.82, 2.24) is 10.0 Å². The zero-order valence-corrected chi connectivity index (χ0v) is 14.3. The summed E-state index contributed by atoms with van der Waals surface area (Å²) in [6.45, 7) is 1.83. The third kappa shape index (κ3) is 3.66. The normalized spacial score (nSPS) is 16.7. The molecule has 0 aliphatic carbocycles. The third-order valence-electron chi connectivity index (χ3n) is 4.20. The maximum atomic E-state index is 12.1. The second kappa shape index (κ2) is 6.75. The second-order valence-electron chi connectivity index (χ2n) is 5.86. The molecular weight excluding hydrogens is 324 g/mol. The molecule has 5 nitrogen and oxygen atoms in total. The Labute approximate surface area is 142 Å². The molecule has 126 valence electrons. The van der Waals surface area contributed by atoms with E-state index in [0.29, 0.717) is 12.0 Å². The van der Waals surface area contributed by atoms with Crippen LogP contribution in [0.2, 0.25) is 0 Å². The first-order valence-corrected chi connectivity index (χ1v) is 9.58. The van der Waals surface area contributed by atoms with Crippen molar-refractivity contribution in [2.45, 2.75) is 25.9 Å². The molecule has 0 saturated heterocycles. The van der Waals surface area contributed by atoms with Gasteiger partial charge in [-0.25, -0.2) is 13.1 Å². The molecule has 2 aromatic carbocycles. The summed E-state index contributed by atoms with van der Waals surface area (Å²) in [6, 6.07) is 15.4. The highest BCUT2D eigenvalue weighted by Crippen LogP contribution is 2.29. The van der Waals surface area contributed by atoms with Crippen LogP contribution in [0.1, 0.15) is 40.0 Å². The van der Waals surface area contributed by atoms with E-state index in [9.17, 15) is 13.2 Å². The van der Waals surface area contributed by atoms with E-state index >= 15 is 0 Å². The van der Waals surface area contributed by atoms with Gasteiger partial charge in [-0.05, 0) is 36.1 Å². The number of hydrogen-bond acceptors (Lipinski definition) is 3. The Kier molecular flexibility index (Phi) is 4.69. The minimum atomic E-state index is -3.24. The molecule has 1 unspecified atom stereocenters. The predicted octanol–water partition coefficient (Wildman–Crippen LogP) is 2.15. The summed E-state index contributed by atoms with van der Waals surface area (Å²) in [5.74, 6) is -0.0270. The summed E-state index contributed by atoms with van der Waals surface area (Å²) in [4.78, 5) is 12.1. The molecule has 6 heteroatoms. The molecule has 0 fully saturated rings.